The molecule has 1 aliphatic heterocycles. The lowest BCUT2D eigenvalue weighted by molar-refractivity contribution is 0.0535. The van der Waals surface area contributed by atoms with E-state index in [9.17, 15) is 4.79 Å². The van der Waals surface area contributed by atoms with Gasteiger partial charge in [-0.3, -0.25) is 4.79 Å². The molecule has 1 fully saturated rings. The van der Waals surface area contributed by atoms with E-state index in [0.29, 0.717) is 24.8 Å². The number of hydrogen-bond acceptors (Lipinski definition) is 4. The van der Waals surface area contributed by atoms with Crippen molar-refractivity contribution in [2.24, 2.45) is 5.92 Å². The summed E-state index contributed by atoms with van der Waals surface area (Å²) in [6.45, 7) is 2.13. The first-order valence-corrected chi connectivity index (χ1v) is 9.90. The number of benzene rings is 2. The van der Waals surface area contributed by atoms with Crippen LogP contribution in [0.3, 0.4) is 0 Å². The van der Waals surface area contributed by atoms with E-state index in [1.54, 1.807) is 11.8 Å². The van der Waals surface area contributed by atoms with E-state index in [0.717, 1.165) is 42.1 Å². The summed E-state index contributed by atoms with van der Waals surface area (Å²) in [6.07, 6.45) is 2.13. The minimum atomic E-state index is -0.167. The second-order valence-electron chi connectivity index (χ2n) is 7.18. The molecule has 0 aliphatic carbocycles. The first kappa shape index (κ1) is 19.2. The molecule has 29 heavy (non-hydrogen) atoms. The fourth-order valence-corrected chi connectivity index (χ4v) is 3.52. The first-order chi connectivity index (χ1) is 14.2. The number of carbonyl (C=O) groups excluding carboxylic acids is 1. The molecule has 6 heteroatoms. The molecule has 1 aromatic heterocycles. The molecule has 0 spiro atoms. The van der Waals surface area contributed by atoms with Gasteiger partial charge in [-0.1, -0.05) is 18.2 Å². The average Bonchev–Trinajstić information content (AvgIpc) is 3.24. The number of amides is 1. The summed E-state index contributed by atoms with van der Waals surface area (Å²) in [4.78, 5) is 12.8. The molecule has 1 atom stereocenters. The Balaban J connectivity index is 1.61. The molecule has 4 rings (SSSR count). The van der Waals surface area contributed by atoms with Crippen molar-refractivity contribution in [3.8, 4) is 22.7 Å². The van der Waals surface area contributed by atoms with E-state index < -0.39 is 0 Å². The normalized spacial score (nSPS) is 16.4. The van der Waals surface area contributed by atoms with Crippen LogP contribution in [0.5, 0.6) is 5.75 Å². The minimum absolute atomic E-state index is 0.167. The molecule has 1 N–H and O–H groups in total. The Morgan fingerprint density at radius 3 is 2.69 bits per heavy atom. The Kier molecular flexibility index (Phi) is 5.91. The van der Waals surface area contributed by atoms with E-state index >= 15 is 0 Å². The Hall–Kier alpha value is -3.12. The van der Waals surface area contributed by atoms with E-state index in [1.165, 1.54) is 0 Å². The zero-order chi connectivity index (χ0) is 20.1. The topological polar surface area (TPSA) is 65.4 Å². The van der Waals surface area contributed by atoms with Gasteiger partial charge in [0.25, 0.3) is 5.91 Å². The van der Waals surface area contributed by atoms with Gasteiger partial charge in [-0.25, -0.2) is 4.68 Å². The van der Waals surface area contributed by atoms with Crippen molar-refractivity contribution in [2.75, 3.05) is 26.9 Å². The van der Waals surface area contributed by atoms with Crippen LogP contribution in [0.1, 0.15) is 23.3 Å². The molecule has 150 valence electrons. The summed E-state index contributed by atoms with van der Waals surface area (Å²) < 4.78 is 12.6. The number of hydrogen-bond donors (Lipinski definition) is 1. The smallest absolute Gasteiger partial charge is 0.271 e. The summed E-state index contributed by atoms with van der Waals surface area (Å²) in [7, 11) is 1.64. The Morgan fingerprint density at radius 1 is 1.21 bits per heavy atom. The van der Waals surface area contributed by atoms with Gasteiger partial charge in [-0.2, -0.15) is 5.10 Å². The van der Waals surface area contributed by atoms with E-state index in [4.69, 9.17) is 9.47 Å². The zero-order valence-electron chi connectivity index (χ0n) is 16.5. The third-order valence-corrected chi connectivity index (χ3v) is 5.13. The molecule has 0 saturated carbocycles. The van der Waals surface area contributed by atoms with Crippen LogP contribution in [0, 0.1) is 5.92 Å². The molecular formula is C23H25N3O3. The highest BCUT2D eigenvalue weighted by Crippen LogP contribution is 2.26. The van der Waals surface area contributed by atoms with Crippen LogP contribution in [0.15, 0.2) is 60.7 Å². The standard InChI is InChI=1S/C23H25N3O3/c1-28-20-11-9-18(10-12-20)22-14-21(25-26(22)19-7-3-2-4-8-19)23(27)24-15-17-6-5-13-29-16-17/h2-4,7-12,14,17H,5-6,13,15-16H2,1H3,(H,24,27). The summed E-state index contributed by atoms with van der Waals surface area (Å²) in [5, 5.41) is 7.62. The SMILES string of the molecule is COc1ccc(-c2cc(C(=O)NCC3CCCOC3)nn2-c2ccccc2)cc1. The lowest BCUT2D eigenvalue weighted by Crippen LogP contribution is -2.33. The molecular weight excluding hydrogens is 366 g/mol. The van der Waals surface area contributed by atoms with Gasteiger partial charge in [0.2, 0.25) is 0 Å². The highest BCUT2D eigenvalue weighted by molar-refractivity contribution is 5.93. The van der Waals surface area contributed by atoms with Crippen LogP contribution in [-0.2, 0) is 4.74 Å². The maximum absolute atomic E-state index is 12.8. The number of ether oxygens (including phenoxy) is 2. The van der Waals surface area contributed by atoms with Gasteiger partial charge in [0, 0.05) is 18.7 Å². The molecule has 2 heterocycles. The lowest BCUT2D eigenvalue weighted by Gasteiger charge is -2.21. The monoisotopic (exact) mass is 391 g/mol. The molecule has 1 saturated heterocycles. The third kappa shape index (κ3) is 4.49. The molecule has 6 nitrogen and oxygen atoms in total. The molecule has 1 aliphatic rings. The van der Waals surface area contributed by atoms with Crippen molar-refractivity contribution >= 4 is 5.91 Å². The molecule has 0 bridgehead atoms. The fourth-order valence-electron chi connectivity index (χ4n) is 3.52. The second-order valence-corrected chi connectivity index (χ2v) is 7.18. The van der Waals surface area contributed by atoms with Gasteiger partial charge in [-0.15, -0.1) is 0 Å². The molecule has 1 amide bonds. The first-order valence-electron chi connectivity index (χ1n) is 9.90. The maximum Gasteiger partial charge on any atom is 0.271 e. The van der Waals surface area contributed by atoms with Crippen molar-refractivity contribution in [1.29, 1.82) is 0 Å². The number of aromatic nitrogens is 2. The number of nitrogens with zero attached hydrogens (tertiary/aromatic N) is 2. The number of rotatable bonds is 6. The van der Waals surface area contributed by atoms with Gasteiger partial charge in [0.05, 0.1) is 25.1 Å². The number of nitrogens with one attached hydrogen (secondary N) is 1. The minimum Gasteiger partial charge on any atom is -0.497 e. The van der Waals surface area contributed by atoms with Crippen LogP contribution >= 0.6 is 0 Å². The highest BCUT2D eigenvalue weighted by Gasteiger charge is 2.19. The molecule has 2 aromatic carbocycles. The van der Waals surface area contributed by atoms with Crippen LogP contribution in [0.25, 0.3) is 16.9 Å². The maximum atomic E-state index is 12.8. The predicted octanol–water partition coefficient (Wildman–Crippen LogP) is 3.70. The van der Waals surface area contributed by atoms with Crippen LogP contribution in [0.2, 0.25) is 0 Å². The zero-order valence-corrected chi connectivity index (χ0v) is 16.5. The number of methoxy groups -OCH3 is 1. The van der Waals surface area contributed by atoms with E-state index in [1.807, 2.05) is 60.7 Å². The Morgan fingerprint density at radius 2 is 2.00 bits per heavy atom. The summed E-state index contributed by atoms with van der Waals surface area (Å²) in [6, 6.07) is 19.4. The summed E-state index contributed by atoms with van der Waals surface area (Å²) >= 11 is 0. The van der Waals surface area contributed by atoms with Crippen molar-refractivity contribution < 1.29 is 14.3 Å². The van der Waals surface area contributed by atoms with Gasteiger partial charge >= 0.3 is 0 Å². The van der Waals surface area contributed by atoms with Crippen LogP contribution < -0.4 is 10.1 Å². The second kappa shape index (κ2) is 8.92. The van der Waals surface area contributed by atoms with Gasteiger partial charge in [0.1, 0.15) is 5.75 Å². The van der Waals surface area contributed by atoms with Crippen LogP contribution in [-0.4, -0.2) is 42.6 Å². The summed E-state index contributed by atoms with van der Waals surface area (Å²) in [5.41, 5.74) is 3.11. The Labute approximate surface area is 170 Å². The van der Waals surface area contributed by atoms with Crippen molar-refractivity contribution in [3.63, 3.8) is 0 Å². The molecule has 0 radical (unpaired) electrons. The van der Waals surface area contributed by atoms with Gasteiger partial charge in [-0.05, 0) is 61.2 Å². The summed E-state index contributed by atoms with van der Waals surface area (Å²) in [5.74, 6) is 0.983. The Bertz CT molecular complexity index is 945. The van der Waals surface area contributed by atoms with Crippen molar-refractivity contribution in [1.82, 2.24) is 15.1 Å². The average molecular weight is 391 g/mol. The third-order valence-electron chi connectivity index (χ3n) is 5.13. The largest absolute Gasteiger partial charge is 0.497 e. The van der Waals surface area contributed by atoms with Gasteiger partial charge < -0.3 is 14.8 Å². The molecule has 1 unspecified atom stereocenters. The van der Waals surface area contributed by atoms with Crippen molar-refractivity contribution in [3.05, 3.63) is 66.4 Å². The number of para-hydroxylation sites is 1. The number of carbonyl (C=O) groups is 1. The fraction of sp³-hybridized carbons (Fsp3) is 0.304. The quantitative estimate of drug-likeness (QED) is 0.696. The lowest BCUT2D eigenvalue weighted by atomic mass is 10.0. The molecule has 3 aromatic rings. The van der Waals surface area contributed by atoms with Crippen molar-refractivity contribution in [2.45, 2.75) is 12.8 Å². The predicted molar refractivity (Wildman–Crippen MR) is 111 cm³/mol. The highest BCUT2D eigenvalue weighted by atomic mass is 16.5. The van der Waals surface area contributed by atoms with Gasteiger partial charge in [0.15, 0.2) is 5.69 Å². The van der Waals surface area contributed by atoms with Crippen LogP contribution in [0.4, 0.5) is 0 Å². The van der Waals surface area contributed by atoms with E-state index in [2.05, 4.69) is 10.4 Å². The van der Waals surface area contributed by atoms with E-state index in [-0.39, 0.29) is 5.91 Å².